The number of esters is 4. The van der Waals surface area contributed by atoms with Gasteiger partial charge in [-0.25, -0.2) is 9.59 Å². The van der Waals surface area contributed by atoms with Crippen molar-refractivity contribution >= 4 is 29.8 Å². The molecule has 1 amide bonds. The molecule has 65 heavy (non-hydrogen) atoms. The van der Waals surface area contributed by atoms with Gasteiger partial charge in [-0.15, -0.1) is 0 Å². The summed E-state index contributed by atoms with van der Waals surface area (Å²) in [4.78, 5) is 69.2. The number of benzene rings is 3. The molecule has 15 heteroatoms. The third-order valence-electron chi connectivity index (χ3n) is 14.4. The number of ether oxygens (including phenoxy) is 7. The maximum absolute atomic E-state index is 14.5. The Morgan fingerprint density at radius 3 is 2.02 bits per heavy atom. The zero-order chi connectivity index (χ0) is 46.6. The molecule has 3 aromatic rings. The maximum Gasteiger partial charge on any atom is 0.338 e. The van der Waals surface area contributed by atoms with Crippen molar-refractivity contribution in [2.75, 3.05) is 6.61 Å². The van der Waals surface area contributed by atoms with Crippen molar-refractivity contribution in [2.24, 2.45) is 16.7 Å². The minimum absolute atomic E-state index is 0.155. The van der Waals surface area contributed by atoms with Crippen LogP contribution in [-0.4, -0.2) is 107 Å². The number of amides is 1. The molecule has 3 aliphatic carbocycles. The van der Waals surface area contributed by atoms with Crippen LogP contribution in [0.1, 0.15) is 86.7 Å². The molecule has 4 unspecified atom stereocenters. The Hall–Kier alpha value is -5.71. The van der Waals surface area contributed by atoms with E-state index in [0.29, 0.717) is 16.7 Å². The van der Waals surface area contributed by atoms with Gasteiger partial charge >= 0.3 is 23.9 Å². The van der Waals surface area contributed by atoms with Crippen molar-refractivity contribution in [1.29, 1.82) is 0 Å². The van der Waals surface area contributed by atoms with Crippen LogP contribution in [0.4, 0.5) is 0 Å². The van der Waals surface area contributed by atoms with Crippen LogP contribution in [0.15, 0.2) is 115 Å². The van der Waals surface area contributed by atoms with Gasteiger partial charge in [0.25, 0.3) is 5.91 Å². The van der Waals surface area contributed by atoms with E-state index < -0.39 is 119 Å². The first-order valence-corrected chi connectivity index (χ1v) is 21.8. The lowest BCUT2D eigenvalue weighted by atomic mass is 9.44. The summed E-state index contributed by atoms with van der Waals surface area (Å²) >= 11 is 0. The van der Waals surface area contributed by atoms with E-state index in [1.165, 1.54) is 19.9 Å². The molecule has 13 atom stereocenters. The highest BCUT2D eigenvalue weighted by Crippen LogP contribution is 2.67. The van der Waals surface area contributed by atoms with Crippen molar-refractivity contribution in [2.45, 2.75) is 121 Å². The Labute approximate surface area is 377 Å². The van der Waals surface area contributed by atoms with E-state index in [4.69, 9.17) is 33.2 Å². The largest absolute Gasteiger partial charge is 0.456 e. The molecule has 15 nitrogen and oxygen atoms in total. The minimum Gasteiger partial charge on any atom is -0.456 e. The fourth-order valence-electron chi connectivity index (χ4n) is 11.2. The normalized spacial score (nSPS) is 34.0. The molecule has 8 rings (SSSR count). The topological polar surface area (TPSA) is 202 Å². The number of carbonyl (C=O) groups excluding carboxylic acids is 5. The van der Waals surface area contributed by atoms with Crippen molar-refractivity contribution < 1.29 is 67.3 Å². The van der Waals surface area contributed by atoms with Gasteiger partial charge in [0.2, 0.25) is 0 Å². The summed E-state index contributed by atoms with van der Waals surface area (Å²) in [6.45, 7) is 13.2. The summed E-state index contributed by atoms with van der Waals surface area (Å²) < 4.78 is 45.0. The smallest absolute Gasteiger partial charge is 0.338 e. The molecule has 2 saturated carbocycles. The molecule has 3 N–H and O–H groups in total. The molecule has 0 aromatic heterocycles. The molecule has 5 aliphatic rings. The molecular weight excluding hydrogens is 839 g/mol. The first-order valence-electron chi connectivity index (χ1n) is 21.8. The fraction of sp³-hybridized carbons (Fsp3) is 0.460. The summed E-state index contributed by atoms with van der Waals surface area (Å²) in [6.07, 6.45) is -8.88. The highest BCUT2D eigenvalue weighted by molar-refractivity contribution is 5.95. The number of carbonyl (C=O) groups is 5. The van der Waals surface area contributed by atoms with Crippen LogP contribution >= 0.6 is 0 Å². The van der Waals surface area contributed by atoms with Crippen LogP contribution < -0.4 is 5.32 Å². The lowest BCUT2D eigenvalue weighted by Crippen LogP contribution is -2.83. The van der Waals surface area contributed by atoms with E-state index in [1.54, 1.807) is 112 Å². The maximum atomic E-state index is 14.5. The van der Waals surface area contributed by atoms with Crippen LogP contribution in [0.25, 0.3) is 0 Å². The Bertz CT molecular complexity index is 2370. The summed E-state index contributed by atoms with van der Waals surface area (Å²) in [5.74, 6) is -5.08. The van der Waals surface area contributed by atoms with E-state index in [0.717, 1.165) is 0 Å². The van der Waals surface area contributed by atoms with Crippen LogP contribution in [0.5, 0.6) is 0 Å². The zero-order valence-electron chi connectivity index (χ0n) is 37.1. The number of aliphatic hydroxyl groups excluding tert-OH is 1. The summed E-state index contributed by atoms with van der Waals surface area (Å²) in [5.41, 5.74) is -5.17. The Morgan fingerprint density at radius 1 is 0.831 bits per heavy atom. The summed E-state index contributed by atoms with van der Waals surface area (Å²) in [5, 5.41) is 28.7. The molecule has 3 aromatic carbocycles. The van der Waals surface area contributed by atoms with E-state index in [2.05, 4.69) is 11.9 Å². The lowest BCUT2D eigenvalue weighted by Gasteiger charge is -2.71. The predicted molar refractivity (Wildman–Crippen MR) is 230 cm³/mol. The quantitative estimate of drug-likeness (QED) is 0.130. The average Bonchev–Trinajstić information content (AvgIpc) is 3.27. The average molecular weight is 894 g/mol. The molecule has 344 valence electrons. The van der Waals surface area contributed by atoms with Gasteiger partial charge in [0, 0.05) is 43.1 Å². The molecule has 0 radical (unpaired) electrons. The first-order chi connectivity index (χ1) is 30.9. The first kappa shape index (κ1) is 45.8. The second-order valence-electron chi connectivity index (χ2n) is 18.4. The number of fused-ring (bicyclic) bond motifs is 4. The van der Waals surface area contributed by atoms with Gasteiger partial charge in [-0.2, -0.15) is 0 Å². The predicted octanol–water partition coefficient (Wildman–Crippen LogP) is 5.10. The van der Waals surface area contributed by atoms with E-state index >= 15 is 0 Å². The van der Waals surface area contributed by atoms with Crippen LogP contribution in [0, 0.1) is 16.7 Å². The van der Waals surface area contributed by atoms with Gasteiger partial charge in [-0.05, 0) is 54.0 Å². The zero-order valence-corrected chi connectivity index (χ0v) is 37.1. The molecule has 0 spiro atoms. The highest BCUT2D eigenvalue weighted by atomic mass is 16.7. The van der Waals surface area contributed by atoms with E-state index in [1.807, 2.05) is 6.92 Å². The van der Waals surface area contributed by atoms with Gasteiger partial charge in [-0.1, -0.05) is 94.1 Å². The van der Waals surface area contributed by atoms with Crippen LogP contribution in [0.3, 0.4) is 0 Å². The number of aliphatic hydroxyl groups is 2. The van der Waals surface area contributed by atoms with Gasteiger partial charge in [-0.3, -0.25) is 14.4 Å². The molecule has 2 heterocycles. The van der Waals surface area contributed by atoms with Crippen molar-refractivity contribution in [3.63, 3.8) is 0 Å². The van der Waals surface area contributed by atoms with Gasteiger partial charge in [0.15, 0.2) is 24.1 Å². The monoisotopic (exact) mass is 893 g/mol. The molecule has 2 saturated heterocycles. The standard InChI is InChI=1S/C50H55NO14/c1-8-36-62-34-24-35-49(26-59-35,65-29(4)53)41-43(64-45(56)32-22-16-11-17-23-32)50(58)25-33(27(2)37(47(50,5)6)40(60-28(3)52)42(63-36)48(34,41)7)61-46(57)39(54)38(30-18-12-9-13-19-30)51-44(55)31-20-14-10-15-21-31/h8-23,33-36,38-43,54,58H,1,24-26H2,2-7H3,(H,51,55)/t33-,34-,35?,36?,38-,39+,40-,41?,42-,43?,48+,49-,50+/m0/s1. The highest BCUT2D eigenvalue weighted by Gasteiger charge is 2.79. The van der Waals surface area contributed by atoms with E-state index in [-0.39, 0.29) is 24.2 Å². The van der Waals surface area contributed by atoms with Gasteiger partial charge in [0.1, 0.15) is 30.0 Å². The number of nitrogens with one attached hydrogen (secondary N) is 1. The molecular formula is C50H55NO14. The number of hydrogen-bond donors (Lipinski definition) is 3. The molecule has 2 aliphatic heterocycles. The van der Waals surface area contributed by atoms with Gasteiger partial charge < -0.3 is 48.7 Å². The molecule has 4 fully saturated rings. The Kier molecular flexibility index (Phi) is 12.2. The lowest BCUT2D eigenvalue weighted by molar-refractivity contribution is -0.405. The van der Waals surface area contributed by atoms with Crippen molar-refractivity contribution in [3.8, 4) is 0 Å². The summed E-state index contributed by atoms with van der Waals surface area (Å²) in [6, 6.07) is 23.6. The SMILES string of the molecule is C=CC1O[C@H]2CC3OC[C@@]3(OC(C)=O)C3C(OC(=O)c4ccccc4)[C@]4(O)C[C@H](OC(=O)[C@H](O)[C@@H](NC(=O)c5ccccc5)c5ccccc5)C(C)=C([C@H](OC(C)=O)[C@H](O1)[C@@]32C)C4(C)C. The van der Waals surface area contributed by atoms with Crippen molar-refractivity contribution in [3.05, 3.63) is 131 Å². The third kappa shape index (κ3) is 7.66. The Balaban J connectivity index is 1.30. The van der Waals surface area contributed by atoms with Crippen LogP contribution in [-0.2, 0) is 47.5 Å². The third-order valence-corrected chi connectivity index (χ3v) is 14.4. The summed E-state index contributed by atoms with van der Waals surface area (Å²) in [7, 11) is 0. The molecule has 2 bridgehead atoms. The minimum atomic E-state index is -2.25. The Morgan fingerprint density at radius 2 is 1.45 bits per heavy atom. The van der Waals surface area contributed by atoms with Crippen molar-refractivity contribution in [1.82, 2.24) is 5.32 Å². The van der Waals surface area contributed by atoms with Gasteiger partial charge in [0.05, 0.1) is 30.2 Å². The number of hydrogen-bond acceptors (Lipinski definition) is 14. The second-order valence-corrected chi connectivity index (χ2v) is 18.4. The van der Waals surface area contributed by atoms with E-state index in [9.17, 15) is 34.2 Å². The fourth-order valence-corrected chi connectivity index (χ4v) is 11.2. The number of rotatable bonds is 11. The van der Waals surface area contributed by atoms with Crippen LogP contribution in [0.2, 0.25) is 0 Å². The second kappa shape index (κ2) is 17.3.